The summed E-state index contributed by atoms with van der Waals surface area (Å²) in [5.74, 6) is -1.39. The third-order valence-corrected chi connectivity index (χ3v) is 2.95. The molecule has 0 saturated heterocycles. The van der Waals surface area contributed by atoms with Crippen LogP contribution in [0.4, 0.5) is 5.69 Å². The first-order valence-corrected chi connectivity index (χ1v) is 6.20. The van der Waals surface area contributed by atoms with Gasteiger partial charge in [0.1, 0.15) is 0 Å². The van der Waals surface area contributed by atoms with Crippen molar-refractivity contribution in [1.29, 1.82) is 0 Å². The lowest BCUT2D eigenvalue weighted by atomic mass is 9.94. The molecular formula is C16H15NO3. The van der Waals surface area contributed by atoms with Gasteiger partial charge in [-0.3, -0.25) is 9.59 Å². The molecule has 0 aromatic heterocycles. The van der Waals surface area contributed by atoms with Crippen LogP contribution in [0.15, 0.2) is 60.7 Å². The van der Waals surface area contributed by atoms with E-state index < -0.39 is 17.3 Å². The Balaban J connectivity index is 2.17. The van der Waals surface area contributed by atoms with Crippen molar-refractivity contribution in [3.63, 3.8) is 0 Å². The van der Waals surface area contributed by atoms with Crippen LogP contribution in [0.2, 0.25) is 0 Å². The van der Waals surface area contributed by atoms with E-state index >= 15 is 0 Å². The Bertz CT molecular complexity index is 606. The van der Waals surface area contributed by atoms with Crippen molar-refractivity contribution in [2.75, 3.05) is 5.32 Å². The van der Waals surface area contributed by atoms with Crippen molar-refractivity contribution >= 4 is 17.4 Å². The van der Waals surface area contributed by atoms with Gasteiger partial charge >= 0.3 is 0 Å². The van der Waals surface area contributed by atoms with Crippen molar-refractivity contribution in [3.8, 4) is 0 Å². The predicted molar refractivity (Wildman–Crippen MR) is 76.5 cm³/mol. The van der Waals surface area contributed by atoms with E-state index in [0.29, 0.717) is 11.3 Å². The van der Waals surface area contributed by atoms with Crippen LogP contribution in [0.25, 0.3) is 0 Å². The number of rotatable bonds is 4. The van der Waals surface area contributed by atoms with Crippen LogP contribution >= 0.6 is 0 Å². The number of ketones is 1. The zero-order valence-electron chi connectivity index (χ0n) is 11.0. The lowest BCUT2D eigenvalue weighted by Gasteiger charge is -2.21. The molecule has 2 rings (SSSR count). The lowest BCUT2D eigenvalue weighted by molar-refractivity contribution is -0.128. The number of benzene rings is 2. The van der Waals surface area contributed by atoms with E-state index in [9.17, 15) is 14.7 Å². The lowest BCUT2D eigenvalue weighted by Crippen LogP contribution is -2.47. The fourth-order valence-electron chi connectivity index (χ4n) is 1.75. The molecule has 0 radical (unpaired) electrons. The van der Waals surface area contributed by atoms with Crippen molar-refractivity contribution in [1.82, 2.24) is 0 Å². The first-order valence-electron chi connectivity index (χ1n) is 6.20. The minimum Gasteiger partial charge on any atom is -0.373 e. The number of amides is 1. The molecule has 2 N–H and O–H groups in total. The summed E-state index contributed by atoms with van der Waals surface area (Å²) >= 11 is 0. The van der Waals surface area contributed by atoms with Gasteiger partial charge in [0.25, 0.3) is 5.91 Å². The monoisotopic (exact) mass is 269 g/mol. The molecule has 102 valence electrons. The average Bonchev–Trinajstić information content (AvgIpc) is 2.48. The van der Waals surface area contributed by atoms with Crippen LogP contribution in [0.1, 0.15) is 17.3 Å². The summed E-state index contributed by atoms with van der Waals surface area (Å²) in [5, 5.41) is 12.7. The molecule has 0 aliphatic carbocycles. The number of aliphatic hydroxyl groups is 1. The number of Topliss-reactive ketones (excluding diaryl/α,β-unsaturated/α-hetero) is 1. The minimum atomic E-state index is -2.11. The zero-order valence-corrected chi connectivity index (χ0v) is 11.0. The Morgan fingerprint density at radius 3 is 2.00 bits per heavy atom. The molecular weight excluding hydrogens is 254 g/mol. The second-order valence-corrected chi connectivity index (χ2v) is 4.59. The van der Waals surface area contributed by atoms with Crippen LogP contribution in [0, 0.1) is 0 Å². The summed E-state index contributed by atoms with van der Waals surface area (Å²) in [6.07, 6.45) is 0. The molecule has 0 fully saturated rings. The minimum absolute atomic E-state index is 0.292. The van der Waals surface area contributed by atoms with E-state index in [1.165, 1.54) is 6.92 Å². The molecule has 0 spiro atoms. The van der Waals surface area contributed by atoms with Crippen molar-refractivity contribution in [3.05, 3.63) is 66.2 Å². The van der Waals surface area contributed by atoms with Gasteiger partial charge in [-0.2, -0.15) is 0 Å². The van der Waals surface area contributed by atoms with Crippen molar-refractivity contribution in [2.45, 2.75) is 12.5 Å². The maximum atomic E-state index is 12.2. The van der Waals surface area contributed by atoms with Gasteiger partial charge in [0.2, 0.25) is 11.4 Å². The summed E-state index contributed by atoms with van der Waals surface area (Å²) in [6.45, 7) is 1.20. The Morgan fingerprint density at radius 2 is 1.45 bits per heavy atom. The van der Waals surface area contributed by atoms with Gasteiger partial charge < -0.3 is 10.4 Å². The summed E-state index contributed by atoms with van der Waals surface area (Å²) < 4.78 is 0. The fraction of sp³-hybridized carbons (Fsp3) is 0.125. The Hall–Kier alpha value is -2.46. The third kappa shape index (κ3) is 2.92. The van der Waals surface area contributed by atoms with Gasteiger partial charge in [-0.05, 0) is 19.1 Å². The topological polar surface area (TPSA) is 66.4 Å². The third-order valence-electron chi connectivity index (χ3n) is 2.95. The second kappa shape index (κ2) is 5.67. The number of anilines is 1. The molecule has 2 aromatic rings. The Labute approximate surface area is 117 Å². The van der Waals surface area contributed by atoms with Crippen LogP contribution in [-0.2, 0) is 4.79 Å². The maximum absolute atomic E-state index is 12.2. The molecule has 0 aliphatic rings. The van der Waals surface area contributed by atoms with E-state index in [4.69, 9.17) is 0 Å². The van der Waals surface area contributed by atoms with Crippen LogP contribution < -0.4 is 5.32 Å². The highest BCUT2D eigenvalue weighted by Crippen LogP contribution is 2.16. The first kappa shape index (κ1) is 14.0. The van der Waals surface area contributed by atoms with Gasteiger partial charge in [-0.25, -0.2) is 0 Å². The predicted octanol–water partition coefficient (Wildman–Crippen LogP) is 2.26. The van der Waals surface area contributed by atoms with E-state index in [0.717, 1.165) is 0 Å². The Morgan fingerprint density at radius 1 is 0.950 bits per heavy atom. The highest BCUT2D eigenvalue weighted by atomic mass is 16.3. The molecule has 0 bridgehead atoms. The zero-order chi connectivity index (χ0) is 14.6. The molecule has 4 heteroatoms. The standard InChI is InChI=1S/C16H15NO3/c1-16(20,14(18)12-8-4-2-5-9-12)15(19)17-13-10-6-3-7-11-13/h2-11,20H,1H3,(H,17,19). The molecule has 1 amide bonds. The van der Waals surface area contributed by atoms with E-state index in [1.807, 2.05) is 6.07 Å². The molecule has 4 nitrogen and oxygen atoms in total. The SMILES string of the molecule is CC(O)(C(=O)Nc1ccccc1)C(=O)c1ccccc1. The highest BCUT2D eigenvalue weighted by molar-refractivity contribution is 6.19. The van der Waals surface area contributed by atoms with Gasteiger partial charge in [-0.15, -0.1) is 0 Å². The smallest absolute Gasteiger partial charge is 0.264 e. The van der Waals surface area contributed by atoms with Gasteiger partial charge in [0, 0.05) is 11.3 Å². The molecule has 0 heterocycles. The van der Waals surface area contributed by atoms with Gasteiger partial charge in [0.15, 0.2) is 0 Å². The van der Waals surface area contributed by atoms with E-state index in [1.54, 1.807) is 54.6 Å². The van der Waals surface area contributed by atoms with Crippen molar-refractivity contribution < 1.29 is 14.7 Å². The quantitative estimate of drug-likeness (QED) is 0.661. The molecule has 1 unspecified atom stereocenters. The van der Waals surface area contributed by atoms with Crippen LogP contribution in [-0.4, -0.2) is 22.4 Å². The normalized spacial score (nSPS) is 13.3. The fourth-order valence-corrected chi connectivity index (χ4v) is 1.75. The summed E-state index contributed by atoms with van der Waals surface area (Å²) in [4.78, 5) is 24.3. The van der Waals surface area contributed by atoms with E-state index in [-0.39, 0.29) is 0 Å². The molecule has 0 saturated carbocycles. The molecule has 1 atom stereocenters. The molecule has 2 aromatic carbocycles. The molecule has 20 heavy (non-hydrogen) atoms. The molecule has 0 aliphatic heterocycles. The van der Waals surface area contributed by atoms with E-state index in [2.05, 4.69) is 5.32 Å². The summed E-state index contributed by atoms with van der Waals surface area (Å²) in [5.41, 5.74) is -1.30. The number of nitrogens with one attached hydrogen (secondary N) is 1. The van der Waals surface area contributed by atoms with Gasteiger partial charge in [-0.1, -0.05) is 48.5 Å². The number of para-hydroxylation sites is 1. The number of carbonyl (C=O) groups excluding carboxylic acids is 2. The van der Waals surface area contributed by atoms with Crippen LogP contribution in [0.3, 0.4) is 0 Å². The summed E-state index contributed by atoms with van der Waals surface area (Å²) in [6, 6.07) is 16.9. The summed E-state index contributed by atoms with van der Waals surface area (Å²) in [7, 11) is 0. The van der Waals surface area contributed by atoms with Crippen molar-refractivity contribution in [2.24, 2.45) is 0 Å². The highest BCUT2D eigenvalue weighted by Gasteiger charge is 2.39. The average molecular weight is 269 g/mol. The van der Waals surface area contributed by atoms with Gasteiger partial charge in [0.05, 0.1) is 0 Å². The second-order valence-electron chi connectivity index (χ2n) is 4.59. The maximum Gasteiger partial charge on any atom is 0.264 e. The Kier molecular flexibility index (Phi) is 3.96. The number of carbonyl (C=O) groups is 2. The number of hydrogen-bond acceptors (Lipinski definition) is 3. The number of hydrogen-bond donors (Lipinski definition) is 2. The largest absolute Gasteiger partial charge is 0.373 e. The van der Waals surface area contributed by atoms with Crippen LogP contribution in [0.5, 0.6) is 0 Å². The first-order chi connectivity index (χ1) is 9.51.